The molecule has 0 radical (unpaired) electrons. The van der Waals surface area contributed by atoms with Crippen LogP contribution in [0.15, 0.2) is 29.1 Å². The van der Waals surface area contributed by atoms with Crippen LogP contribution >= 0.6 is 11.3 Å². The van der Waals surface area contributed by atoms with Gasteiger partial charge in [0.05, 0.1) is 11.2 Å². The molecule has 1 aromatic carbocycles. The number of fused-ring (bicyclic) bond motifs is 1. The maximum Gasteiger partial charge on any atom is 0.255 e. The number of aromatic nitrogens is 1. The highest BCUT2D eigenvalue weighted by molar-refractivity contribution is 7.07. The maximum atomic E-state index is 12.9. The molecule has 3 atom stereocenters. The van der Waals surface area contributed by atoms with Crippen LogP contribution in [-0.2, 0) is 29.1 Å². The number of hydrogen-bond donors (Lipinski definition) is 2. The monoisotopic (exact) mass is 452 g/mol. The van der Waals surface area contributed by atoms with Crippen molar-refractivity contribution in [3.63, 3.8) is 0 Å². The topological polar surface area (TPSA) is 91.4 Å². The van der Waals surface area contributed by atoms with Crippen molar-refractivity contribution in [3.05, 3.63) is 51.5 Å². The zero-order valence-electron chi connectivity index (χ0n) is 18.0. The number of carbonyl (C=O) groups is 3. The van der Waals surface area contributed by atoms with E-state index in [2.05, 4.69) is 33.1 Å². The summed E-state index contributed by atoms with van der Waals surface area (Å²) in [5, 5.41) is 8.18. The molecule has 3 amide bonds. The molecule has 1 aromatic heterocycles. The molecule has 3 aliphatic rings. The molecule has 1 saturated carbocycles. The fourth-order valence-corrected chi connectivity index (χ4v) is 5.90. The van der Waals surface area contributed by atoms with Crippen LogP contribution < -0.4 is 10.6 Å². The highest BCUT2D eigenvalue weighted by Crippen LogP contribution is 2.31. The summed E-state index contributed by atoms with van der Waals surface area (Å²) in [6.45, 7) is 1.24. The van der Waals surface area contributed by atoms with Gasteiger partial charge in [0.1, 0.15) is 6.04 Å². The molecular weight excluding hydrogens is 424 g/mol. The van der Waals surface area contributed by atoms with Gasteiger partial charge in [-0.25, -0.2) is 4.98 Å². The highest BCUT2D eigenvalue weighted by atomic mass is 32.1. The van der Waals surface area contributed by atoms with Gasteiger partial charge < -0.3 is 10.2 Å². The molecule has 0 spiro atoms. The minimum atomic E-state index is -0.561. The number of benzene rings is 1. The van der Waals surface area contributed by atoms with Crippen LogP contribution in [0.1, 0.15) is 65.7 Å². The lowest BCUT2D eigenvalue weighted by Crippen LogP contribution is -2.52. The van der Waals surface area contributed by atoms with E-state index in [1.54, 1.807) is 16.2 Å². The van der Waals surface area contributed by atoms with Crippen molar-refractivity contribution in [2.75, 3.05) is 0 Å². The molecule has 0 bridgehead atoms. The Labute approximate surface area is 191 Å². The Balaban J connectivity index is 1.26. The van der Waals surface area contributed by atoms with E-state index in [-0.39, 0.29) is 24.1 Å². The summed E-state index contributed by atoms with van der Waals surface area (Å²) >= 11 is 1.63. The zero-order chi connectivity index (χ0) is 22.1. The molecule has 1 aliphatic carbocycles. The summed E-state index contributed by atoms with van der Waals surface area (Å²) in [6.07, 6.45) is 6.55. The largest absolute Gasteiger partial charge is 0.322 e. The van der Waals surface area contributed by atoms with Gasteiger partial charge in [-0.1, -0.05) is 25.0 Å². The Kier molecular flexibility index (Phi) is 6.06. The van der Waals surface area contributed by atoms with Gasteiger partial charge in [-0.15, -0.1) is 11.3 Å². The van der Waals surface area contributed by atoms with Gasteiger partial charge >= 0.3 is 0 Å². The van der Waals surface area contributed by atoms with E-state index in [0.29, 0.717) is 30.5 Å². The molecule has 3 heterocycles. The second kappa shape index (κ2) is 9.11. The maximum absolute atomic E-state index is 12.9. The van der Waals surface area contributed by atoms with Gasteiger partial charge in [0, 0.05) is 36.5 Å². The van der Waals surface area contributed by atoms with Gasteiger partial charge in [-0.2, -0.15) is 0 Å². The molecule has 32 heavy (non-hydrogen) atoms. The first-order chi connectivity index (χ1) is 15.6. The number of piperidine rings is 1. The lowest BCUT2D eigenvalue weighted by atomic mass is 9.80. The number of nitrogens with zero attached hydrogens (tertiary/aromatic N) is 2. The third kappa shape index (κ3) is 4.34. The van der Waals surface area contributed by atoms with E-state index in [1.165, 1.54) is 31.2 Å². The molecular formula is C24H28N4O3S. The van der Waals surface area contributed by atoms with Crippen LogP contribution in [0.25, 0.3) is 0 Å². The lowest BCUT2D eigenvalue weighted by molar-refractivity contribution is -0.136. The first kappa shape index (κ1) is 21.3. The van der Waals surface area contributed by atoms with Crippen LogP contribution in [0, 0.1) is 5.92 Å². The van der Waals surface area contributed by atoms with Gasteiger partial charge in [0.25, 0.3) is 5.91 Å². The molecule has 7 nitrogen and oxygen atoms in total. The summed E-state index contributed by atoms with van der Waals surface area (Å²) in [4.78, 5) is 42.7. The first-order valence-corrected chi connectivity index (χ1v) is 12.4. The molecule has 8 heteroatoms. The van der Waals surface area contributed by atoms with E-state index >= 15 is 0 Å². The molecule has 168 valence electrons. The zero-order valence-corrected chi connectivity index (χ0v) is 18.8. The molecule has 2 fully saturated rings. The fraction of sp³-hybridized carbons (Fsp3) is 0.500. The lowest BCUT2D eigenvalue weighted by Gasteiger charge is -2.32. The molecule has 2 N–H and O–H groups in total. The number of amides is 3. The van der Waals surface area contributed by atoms with Crippen molar-refractivity contribution in [1.82, 2.24) is 20.5 Å². The average molecular weight is 453 g/mol. The van der Waals surface area contributed by atoms with E-state index in [4.69, 9.17) is 0 Å². The summed E-state index contributed by atoms with van der Waals surface area (Å²) in [6, 6.07) is 6.04. The summed E-state index contributed by atoms with van der Waals surface area (Å²) < 4.78 is 0. The van der Waals surface area contributed by atoms with E-state index in [9.17, 15) is 14.4 Å². The Bertz CT molecular complexity index is 1020. The molecule has 1 saturated heterocycles. The van der Waals surface area contributed by atoms with Crippen molar-refractivity contribution in [3.8, 4) is 0 Å². The minimum Gasteiger partial charge on any atom is -0.322 e. The Morgan fingerprint density at radius 1 is 1.16 bits per heavy atom. The van der Waals surface area contributed by atoms with E-state index in [0.717, 1.165) is 24.2 Å². The van der Waals surface area contributed by atoms with Crippen molar-refractivity contribution >= 4 is 29.1 Å². The third-order valence-corrected chi connectivity index (χ3v) is 7.66. The number of carbonyl (C=O) groups excluding carboxylic acids is 3. The molecule has 2 aromatic rings. The van der Waals surface area contributed by atoms with Crippen LogP contribution in [0.5, 0.6) is 0 Å². The SMILES string of the molecule is O=C1CCC(N2Cc3cc(C[C@H]4CCCC[C@@H]4NCc4cscn4)ccc3C2=O)C(=O)N1. The second-order valence-corrected chi connectivity index (χ2v) is 9.83. The van der Waals surface area contributed by atoms with Crippen LogP contribution in [0.3, 0.4) is 0 Å². The van der Waals surface area contributed by atoms with E-state index < -0.39 is 6.04 Å². The van der Waals surface area contributed by atoms with Crippen molar-refractivity contribution in [2.24, 2.45) is 5.92 Å². The van der Waals surface area contributed by atoms with Crippen LogP contribution in [0.4, 0.5) is 0 Å². The van der Waals surface area contributed by atoms with E-state index in [1.807, 2.05) is 11.6 Å². The van der Waals surface area contributed by atoms with Crippen molar-refractivity contribution < 1.29 is 14.4 Å². The van der Waals surface area contributed by atoms with Gasteiger partial charge in [0.2, 0.25) is 11.8 Å². The van der Waals surface area contributed by atoms with Crippen molar-refractivity contribution in [2.45, 2.75) is 70.1 Å². The highest BCUT2D eigenvalue weighted by Gasteiger charge is 2.39. The van der Waals surface area contributed by atoms with Crippen molar-refractivity contribution in [1.29, 1.82) is 0 Å². The normalized spacial score (nSPS) is 25.7. The number of hydrogen-bond acceptors (Lipinski definition) is 6. The molecule has 1 unspecified atom stereocenters. The predicted molar refractivity (Wildman–Crippen MR) is 121 cm³/mol. The summed E-state index contributed by atoms with van der Waals surface area (Å²) in [7, 11) is 0. The minimum absolute atomic E-state index is 0.110. The number of rotatable bonds is 6. The smallest absolute Gasteiger partial charge is 0.255 e. The Hall–Kier alpha value is -2.58. The Morgan fingerprint density at radius 2 is 2.03 bits per heavy atom. The van der Waals surface area contributed by atoms with Crippen LogP contribution in [0.2, 0.25) is 0 Å². The van der Waals surface area contributed by atoms with Gasteiger partial charge in [-0.3, -0.25) is 19.7 Å². The van der Waals surface area contributed by atoms with Crippen LogP contribution in [-0.4, -0.2) is 39.7 Å². The first-order valence-electron chi connectivity index (χ1n) is 11.5. The predicted octanol–water partition coefficient (Wildman–Crippen LogP) is 2.80. The van der Waals surface area contributed by atoms with Gasteiger partial charge in [0.15, 0.2) is 0 Å². The Morgan fingerprint density at radius 3 is 2.84 bits per heavy atom. The summed E-state index contributed by atoms with van der Waals surface area (Å²) in [5.74, 6) is -0.174. The molecule has 2 aliphatic heterocycles. The third-order valence-electron chi connectivity index (χ3n) is 7.02. The second-order valence-electron chi connectivity index (χ2n) is 9.11. The molecule has 5 rings (SSSR count). The number of nitrogens with one attached hydrogen (secondary N) is 2. The fourth-order valence-electron chi connectivity index (χ4n) is 5.34. The van der Waals surface area contributed by atoms with Gasteiger partial charge in [-0.05, 0) is 48.8 Å². The standard InChI is InChI=1S/C24H28N4O3S/c29-22-8-7-21(23(30)27-22)28-12-17-10-15(5-6-19(17)24(28)31)9-16-3-1-2-4-20(16)25-11-18-13-32-14-26-18/h5-6,10,13-14,16,20-21,25H,1-4,7-9,11-12H2,(H,27,29,30)/t16-,20+,21?/m1/s1. The average Bonchev–Trinajstić information content (AvgIpc) is 3.41. The quantitative estimate of drug-likeness (QED) is 0.658. The summed E-state index contributed by atoms with van der Waals surface area (Å²) in [5.41, 5.74) is 5.89. The number of imide groups is 1. The number of thiazole rings is 1.